The van der Waals surface area contributed by atoms with Crippen LogP contribution in [0.25, 0.3) is 0 Å². The van der Waals surface area contributed by atoms with E-state index in [0.29, 0.717) is 31.1 Å². The molecule has 2 nitrogen and oxygen atoms in total. The van der Waals surface area contributed by atoms with Gasteiger partial charge in [-0.05, 0) is 36.6 Å². The van der Waals surface area contributed by atoms with Crippen LogP contribution in [0.4, 0.5) is 0 Å². The monoisotopic (exact) mass is 298 g/mol. The molecule has 0 aliphatic heterocycles. The number of rotatable bonds is 7. The molecular formula is C14H19BrO2. The Hall–Kier alpha value is -0.830. The van der Waals surface area contributed by atoms with Gasteiger partial charge in [-0.1, -0.05) is 29.8 Å². The van der Waals surface area contributed by atoms with E-state index in [1.54, 1.807) is 0 Å². The molecule has 0 atom stereocenters. The number of hydrogen-bond acceptors (Lipinski definition) is 2. The summed E-state index contributed by atoms with van der Waals surface area (Å²) in [4.78, 5) is 11.4. The van der Waals surface area contributed by atoms with Crippen molar-refractivity contribution in [2.24, 2.45) is 5.92 Å². The minimum Gasteiger partial charge on any atom is -0.494 e. The van der Waals surface area contributed by atoms with E-state index in [9.17, 15) is 4.79 Å². The first-order chi connectivity index (χ1) is 8.08. The van der Waals surface area contributed by atoms with E-state index in [0.717, 1.165) is 16.6 Å². The highest BCUT2D eigenvalue weighted by atomic mass is 79.9. The van der Waals surface area contributed by atoms with E-state index < -0.39 is 0 Å². The first-order valence-corrected chi connectivity index (χ1v) is 6.77. The summed E-state index contributed by atoms with van der Waals surface area (Å²) in [5.74, 6) is 1.64. The Morgan fingerprint density at radius 3 is 2.53 bits per heavy atom. The van der Waals surface area contributed by atoms with Crippen LogP contribution < -0.4 is 4.74 Å². The highest BCUT2D eigenvalue weighted by Crippen LogP contribution is 2.16. The molecule has 0 amide bonds. The van der Waals surface area contributed by atoms with Crippen LogP contribution in [0, 0.1) is 5.92 Å². The van der Waals surface area contributed by atoms with Crippen molar-refractivity contribution >= 4 is 21.7 Å². The topological polar surface area (TPSA) is 26.3 Å². The van der Waals surface area contributed by atoms with Crippen molar-refractivity contribution in [3.63, 3.8) is 0 Å². The van der Waals surface area contributed by atoms with Crippen LogP contribution in [-0.2, 0) is 4.79 Å². The normalized spacial score (nSPS) is 10.6. The Bertz CT molecular complexity index is 344. The summed E-state index contributed by atoms with van der Waals surface area (Å²) in [6.45, 7) is 4.73. The van der Waals surface area contributed by atoms with Crippen LogP contribution in [0.15, 0.2) is 28.7 Å². The average Bonchev–Trinajstić information content (AvgIpc) is 2.26. The zero-order valence-corrected chi connectivity index (χ0v) is 12.0. The molecule has 17 heavy (non-hydrogen) atoms. The Morgan fingerprint density at radius 2 is 1.94 bits per heavy atom. The van der Waals surface area contributed by atoms with E-state index in [2.05, 4.69) is 29.8 Å². The third-order valence-corrected chi connectivity index (χ3v) is 2.85. The molecule has 0 N–H and O–H groups in total. The second kappa shape index (κ2) is 7.49. The summed E-state index contributed by atoms with van der Waals surface area (Å²) >= 11 is 3.37. The molecule has 1 aromatic rings. The zero-order valence-electron chi connectivity index (χ0n) is 10.4. The Morgan fingerprint density at radius 1 is 1.29 bits per heavy atom. The highest BCUT2D eigenvalue weighted by molar-refractivity contribution is 9.10. The first kappa shape index (κ1) is 14.2. The van der Waals surface area contributed by atoms with Gasteiger partial charge in [0.25, 0.3) is 0 Å². The van der Waals surface area contributed by atoms with Crippen LogP contribution in [-0.4, -0.2) is 12.4 Å². The van der Waals surface area contributed by atoms with Gasteiger partial charge in [0.05, 0.1) is 6.61 Å². The van der Waals surface area contributed by atoms with Gasteiger partial charge in [0.2, 0.25) is 0 Å². The lowest BCUT2D eigenvalue weighted by Gasteiger charge is -2.06. The summed E-state index contributed by atoms with van der Waals surface area (Å²) in [5, 5.41) is 0. The maximum absolute atomic E-state index is 11.4. The number of Topliss-reactive ketones (excluding diaryl/α,β-unsaturated/α-hetero) is 1. The molecule has 0 heterocycles. The molecule has 3 heteroatoms. The van der Waals surface area contributed by atoms with Gasteiger partial charge in [0, 0.05) is 17.3 Å². The third-order valence-electron chi connectivity index (χ3n) is 2.32. The Labute approximate surface area is 111 Å². The number of carbonyl (C=O) groups excluding carboxylic acids is 1. The molecule has 94 valence electrons. The highest BCUT2D eigenvalue weighted by Gasteiger charge is 2.04. The van der Waals surface area contributed by atoms with Crippen molar-refractivity contribution in [1.29, 1.82) is 0 Å². The summed E-state index contributed by atoms with van der Waals surface area (Å²) < 4.78 is 6.58. The molecule has 0 aliphatic rings. The van der Waals surface area contributed by atoms with Gasteiger partial charge >= 0.3 is 0 Å². The van der Waals surface area contributed by atoms with Crippen molar-refractivity contribution in [1.82, 2.24) is 0 Å². The van der Waals surface area contributed by atoms with Crippen molar-refractivity contribution in [2.45, 2.75) is 33.1 Å². The second-order valence-corrected chi connectivity index (χ2v) is 5.46. The van der Waals surface area contributed by atoms with E-state index in [1.165, 1.54) is 0 Å². The van der Waals surface area contributed by atoms with Gasteiger partial charge in [-0.25, -0.2) is 0 Å². The average molecular weight is 299 g/mol. The molecule has 0 spiro atoms. The summed E-state index contributed by atoms with van der Waals surface area (Å²) in [7, 11) is 0. The maximum atomic E-state index is 11.4. The Balaban J connectivity index is 2.16. The van der Waals surface area contributed by atoms with E-state index in [4.69, 9.17) is 4.74 Å². The number of benzene rings is 1. The molecule has 0 saturated carbocycles. The smallest absolute Gasteiger partial charge is 0.133 e. The molecule has 0 aromatic heterocycles. The van der Waals surface area contributed by atoms with Gasteiger partial charge in [-0.2, -0.15) is 0 Å². The number of hydrogen-bond donors (Lipinski definition) is 0. The lowest BCUT2D eigenvalue weighted by molar-refractivity contribution is -0.119. The van der Waals surface area contributed by atoms with Crippen LogP contribution in [0.2, 0.25) is 0 Å². The molecule has 0 saturated heterocycles. The fraction of sp³-hybridized carbons (Fsp3) is 0.500. The van der Waals surface area contributed by atoms with Crippen LogP contribution >= 0.6 is 15.9 Å². The van der Waals surface area contributed by atoms with E-state index in [1.807, 2.05) is 24.3 Å². The Kier molecular flexibility index (Phi) is 6.27. The van der Waals surface area contributed by atoms with Crippen molar-refractivity contribution in [2.75, 3.05) is 6.61 Å². The summed E-state index contributed by atoms with van der Waals surface area (Å²) in [6.07, 6.45) is 2.09. The molecule has 0 bridgehead atoms. The quantitative estimate of drug-likeness (QED) is 0.704. The van der Waals surface area contributed by atoms with Crippen molar-refractivity contribution in [3.8, 4) is 5.75 Å². The lowest BCUT2D eigenvalue weighted by atomic mass is 10.0. The molecule has 1 aromatic carbocycles. The molecule has 0 fully saturated rings. The summed E-state index contributed by atoms with van der Waals surface area (Å²) in [5.41, 5.74) is 0. The fourth-order valence-electron chi connectivity index (χ4n) is 1.55. The predicted octanol–water partition coefficient (Wildman–Crippen LogP) is 4.22. The molecule has 1 rings (SSSR count). The van der Waals surface area contributed by atoms with Crippen LogP contribution in [0.5, 0.6) is 5.75 Å². The molecule has 0 radical (unpaired) electrons. The number of ether oxygens (including phenoxy) is 1. The van der Waals surface area contributed by atoms with Gasteiger partial charge in [0.15, 0.2) is 0 Å². The molecular weight excluding hydrogens is 280 g/mol. The minimum absolute atomic E-state index is 0.333. The number of carbonyl (C=O) groups is 1. The van der Waals surface area contributed by atoms with Gasteiger partial charge in [-0.3, -0.25) is 4.79 Å². The van der Waals surface area contributed by atoms with E-state index in [-0.39, 0.29) is 0 Å². The summed E-state index contributed by atoms with van der Waals surface area (Å²) in [6, 6.07) is 7.72. The molecule has 0 unspecified atom stereocenters. The van der Waals surface area contributed by atoms with Gasteiger partial charge in [-0.15, -0.1) is 0 Å². The number of ketones is 1. The predicted molar refractivity (Wildman–Crippen MR) is 73.3 cm³/mol. The largest absolute Gasteiger partial charge is 0.494 e. The molecule has 0 aliphatic carbocycles. The fourth-order valence-corrected chi connectivity index (χ4v) is 1.81. The van der Waals surface area contributed by atoms with Crippen molar-refractivity contribution < 1.29 is 9.53 Å². The minimum atomic E-state index is 0.333. The first-order valence-electron chi connectivity index (χ1n) is 5.98. The number of halogens is 1. The van der Waals surface area contributed by atoms with Gasteiger partial charge in [0.1, 0.15) is 11.5 Å². The van der Waals surface area contributed by atoms with Crippen LogP contribution in [0.1, 0.15) is 33.1 Å². The van der Waals surface area contributed by atoms with E-state index >= 15 is 0 Å². The van der Waals surface area contributed by atoms with Crippen molar-refractivity contribution in [3.05, 3.63) is 28.7 Å². The SMILES string of the molecule is CC(C)CC(=O)CCCOc1ccc(Br)cc1. The maximum Gasteiger partial charge on any atom is 0.133 e. The zero-order chi connectivity index (χ0) is 12.7. The van der Waals surface area contributed by atoms with Crippen LogP contribution in [0.3, 0.4) is 0 Å². The standard InChI is InChI=1S/C14H19BrO2/c1-11(2)10-13(16)4-3-9-17-14-7-5-12(15)6-8-14/h5-8,11H,3-4,9-10H2,1-2H3. The lowest BCUT2D eigenvalue weighted by Crippen LogP contribution is -2.05. The second-order valence-electron chi connectivity index (χ2n) is 4.54. The third kappa shape index (κ3) is 6.47. The van der Waals surface area contributed by atoms with Gasteiger partial charge < -0.3 is 4.74 Å².